The Balaban J connectivity index is 2.00. The topological polar surface area (TPSA) is 35.2 Å². The molecule has 0 radical (unpaired) electrons. The molecule has 2 unspecified atom stereocenters. The van der Waals surface area contributed by atoms with Gasteiger partial charge in [-0.3, -0.25) is 0 Å². The molecule has 0 aliphatic heterocycles. The zero-order valence-corrected chi connectivity index (χ0v) is 7.94. The van der Waals surface area contributed by atoms with E-state index in [4.69, 9.17) is 16.9 Å². The van der Waals surface area contributed by atoms with E-state index in [9.17, 15) is 0 Å². The van der Waals surface area contributed by atoms with Crippen molar-refractivity contribution in [2.45, 2.75) is 18.4 Å². The first-order valence-electron chi connectivity index (χ1n) is 4.73. The highest BCUT2D eigenvalue weighted by atomic mass is 16.5. The van der Waals surface area contributed by atoms with Crippen LogP contribution in [0.15, 0.2) is 24.3 Å². The van der Waals surface area contributed by atoms with Gasteiger partial charge >= 0.3 is 0 Å². The number of hydrogen-bond acceptors (Lipinski definition) is 2. The van der Waals surface area contributed by atoms with Crippen molar-refractivity contribution in [1.82, 2.24) is 0 Å². The fourth-order valence-electron chi connectivity index (χ4n) is 1.53. The van der Waals surface area contributed by atoms with Crippen LogP contribution >= 0.6 is 0 Å². The second kappa shape index (κ2) is 3.73. The summed E-state index contributed by atoms with van der Waals surface area (Å²) in [6, 6.07) is 8.36. The zero-order chi connectivity index (χ0) is 9.97. The van der Waals surface area contributed by atoms with Crippen molar-refractivity contribution in [2.75, 3.05) is 6.61 Å². The van der Waals surface area contributed by atoms with Crippen molar-refractivity contribution >= 4 is 0 Å². The Morgan fingerprint density at radius 2 is 2.07 bits per heavy atom. The van der Waals surface area contributed by atoms with Crippen LogP contribution < -0.4 is 10.5 Å². The van der Waals surface area contributed by atoms with Crippen LogP contribution in [-0.4, -0.2) is 12.6 Å². The third-order valence-corrected chi connectivity index (χ3v) is 2.47. The van der Waals surface area contributed by atoms with E-state index < -0.39 is 0 Å². The van der Waals surface area contributed by atoms with Gasteiger partial charge < -0.3 is 10.5 Å². The van der Waals surface area contributed by atoms with Crippen molar-refractivity contribution in [3.8, 4) is 18.1 Å². The highest BCUT2D eigenvalue weighted by molar-refractivity contribution is 5.33. The molecule has 1 aromatic carbocycles. The monoisotopic (exact) mass is 187 g/mol. The van der Waals surface area contributed by atoms with Gasteiger partial charge in [-0.05, 0) is 24.1 Å². The summed E-state index contributed by atoms with van der Waals surface area (Å²) < 4.78 is 5.27. The summed E-state index contributed by atoms with van der Waals surface area (Å²) in [5, 5.41) is 0. The minimum atomic E-state index is 0.322. The van der Waals surface area contributed by atoms with Crippen LogP contribution in [0.3, 0.4) is 0 Å². The molecule has 2 atom stereocenters. The number of hydrogen-bond donors (Lipinski definition) is 1. The molecule has 14 heavy (non-hydrogen) atoms. The van der Waals surface area contributed by atoms with Crippen LogP contribution in [0.25, 0.3) is 0 Å². The van der Waals surface area contributed by atoms with Gasteiger partial charge in [0.2, 0.25) is 0 Å². The van der Waals surface area contributed by atoms with Gasteiger partial charge in [0.1, 0.15) is 12.4 Å². The van der Waals surface area contributed by atoms with Crippen LogP contribution in [0.4, 0.5) is 0 Å². The molecule has 0 saturated heterocycles. The molecule has 1 saturated carbocycles. The van der Waals surface area contributed by atoms with Gasteiger partial charge in [-0.25, -0.2) is 0 Å². The average molecular weight is 187 g/mol. The first kappa shape index (κ1) is 9.11. The standard InChI is InChI=1S/C12H13NO/c1-2-7-14-10-5-3-9(4-6-10)11-8-12(11)13/h1,3-6,11-12H,7-8,13H2. The van der Waals surface area contributed by atoms with Crippen molar-refractivity contribution in [1.29, 1.82) is 0 Å². The molecule has 1 aliphatic carbocycles. The number of rotatable bonds is 3. The highest BCUT2D eigenvalue weighted by Gasteiger charge is 2.34. The number of benzene rings is 1. The molecule has 1 aromatic rings. The Kier molecular flexibility index (Phi) is 2.43. The maximum Gasteiger partial charge on any atom is 0.148 e. The fraction of sp³-hybridized carbons (Fsp3) is 0.333. The maximum atomic E-state index is 5.76. The molecule has 2 N–H and O–H groups in total. The van der Waals surface area contributed by atoms with E-state index in [0.717, 1.165) is 12.2 Å². The molecule has 2 nitrogen and oxygen atoms in total. The van der Waals surface area contributed by atoms with Crippen molar-refractivity contribution in [2.24, 2.45) is 5.73 Å². The molecule has 0 bridgehead atoms. The van der Waals surface area contributed by atoms with Crippen molar-refractivity contribution in [3.63, 3.8) is 0 Å². The highest BCUT2D eigenvalue weighted by Crippen LogP contribution is 2.39. The lowest BCUT2D eigenvalue weighted by Crippen LogP contribution is -2.01. The Hall–Kier alpha value is -1.46. The molecule has 2 rings (SSSR count). The summed E-state index contributed by atoms with van der Waals surface area (Å²) in [6.07, 6.45) is 6.19. The van der Waals surface area contributed by atoms with Crippen LogP contribution in [0.2, 0.25) is 0 Å². The summed E-state index contributed by atoms with van der Waals surface area (Å²) in [7, 11) is 0. The molecule has 0 spiro atoms. The molecule has 1 aliphatic rings. The molecular weight excluding hydrogens is 174 g/mol. The van der Waals surface area contributed by atoms with Crippen molar-refractivity contribution in [3.05, 3.63) is 29.8 Å². The summed E-state index contributed by atoms with van der Waals surface area (Å²) in [4.78, 5) is 0. The quantitative estimate of drug-likeness (QED) is 0.728. The Morgan fingerprint density at radius 3 is 2.57 bits per heavy atom. The van der Waals surface area contributed by atoms with E-state index in [0.29, 0.717) is 18.6 Å². The van der Waals surface area contributed by atoms with Gasteiger partial charge in [0.05, 0.1) is 0 Å². The van der Waals surface area contributed by atoms with Crippen LogP contribution in [0.5, 0.6) is 5.75 Å². The minimum Gasteiger partial charge on any atom is -0.481 e. The third-order valence-electron chi connectivity index (χ3n) is 2.47. The fourth-order valence-corrected chi connectivity index (χ4v) is 1.53. The molecule has 2 heteroatoms. The lowest BCUT2D eigenvalue weighted by molar-refractivity contribution is 0.370. The number of terminal acetylenes is 1. The van der Waals surface area contributed by atoms with Crippen LogP contribution in [0.1, 0.15) is 17.9 Å². The first-order chi connectivity index (χ1) is 6.81. The number of ether oxygens (including phenoxy) is 1. The van der Waals surface area contributed by atoms with Crippen LogP contribution in [-0.2, 0) is 0 Å². The second-order valence-corrected chi connectivity index (χ2v) is 3.57. The Labute approximate surface area is 84.1 Å². The van der Waals surface area contributed by atoms with E-state index >= 15 is 0 Å². The predicted octanol–water partition coefficient (Wildman–Crippen LogP) is 1.51. The zero-order valence-electron chi connectivity index (χ0n) is 7.94. The molecular formula is C12H13NO. The van der Waals surface area contributed by atoms with Gasteiger partial charge in [0.15, 0.2) is 0 Å². The van der Waals surface area contributed by atoms with E-state index in [-0.39, 0.29) is 0 Å². The molecule has 0 aromatic heterocycles. The molecule has 0 heterocycles. The largest absolute Gasteiger partial charge is 0.481 e. The van der Waals surface area contributed by atoms with Gasteiger partial charge in [-0.15, -0.1) is 6.42 Å². The van der Waals surface area contributed by atoms with Crippen LogP contribution in [0, 0.1) is 12.3 Å². The van der Waals surface area contributed by atoms with E-state index in [1.807, 2.05) is 12.1 Å². The van der Waals surface area contributed by atoms with Gasteiger partial charge in [0, 0.05) is 12.0 Å². The Morgan fingerprint density at radius 1 is 1.43 bits per heavy atom. The smallest absolute Gasteiger partial charge is 0.148 e. The summed E-state index contributed by atoms with van der Waals surface area (Å²) >= 11 is 0. The SMILES string of the molecule is C#CCOc1ccc(C2CC2N)cc1. The van der Waals surface area contributed by atoms with E-state index in [1.54, 1.807) is 0 Å². The normalized spacial score (nSPS) is 24.0. The van der Waals surface area contributed by atoms with E-state index in [1.165, 1.54) is 5.56 Å². The Bertz CT molecular complexity index is 350. The van der Waals surface area contributed by atoms with E-state index in [2.05, 4.69) is 18.1 Å². The molecule has 0 amide bonds. The predicted molar refractivity (Wildman–Crippen MR) is 56.1 cm³/mol. The molecule has 1 fully saturated rings. The summed E-state index contributed by atoms with van der Waals surface area (Å²) in [6.45, 7) is 0.322. The maximum absolute atomic E-state index is 5.76. The summed E-state index contributed by atoms with van der Waals surface area (Å²) in [5.41, 5.74) is 7.06. The van der Waals surface area contributed by atoms with Gasteiger partial charge in [-0.2, -0.15) is 0 Å². The number of nitrogens with two attached hydrogens (primary N) is 1. The molecule has 72 valence electrons. The van der Waals surface area contributed by atoms with Crippen molar-refractivity contribution < 1.29 is 4.74 Å². The van der Waals surface area contributed by atoms with Gasteiger partial charge in [-0.1, -0.05) is 18.1 Å². The lowest BCUT2D eigenvalue weighted by Gasteiger charge is -2.03. The first-order valence-corrected chi connectivity index (χ1v) is 4.73. The summed E-state index contributed by atoms with van der Waals surface area (Å²) in [5.74, 6) is 3.80. The average Bonchev–Trinajstić information content (AvgIpc) is 2.93. The second-order valence-electron chi connectivity index (χ2n) is 3.57. The minimum absolute atomic E-state index is 0.322. The lowest BCUT2D eigenvalue weighted by atomic mass is 10.1. The third kappa shape index (κ3) is 1.89. The van der Waals surface area contributed by atoms with Gasteiger partial charge in [0.25, 0.3) is 0 Å².